The van der Waals surface area contributed by atoms with E-state index in [-0.39, 0.29) is 0 Å². The summed E-state index contributed by atoms with van der Waals surface area (Å²) in [5.41, 5.74) is 10.4. The molecule has 0 saturated carbocycles. The van der Waals surface area contributed by atoms with Gasteiger partial charge in [0, 0.05) is 29.2 Å². The smallest absolute Gasteiger partial charge is 0.145 e. The summed E-state index contributed by atoms with van der Waals surface area (Å²) < 4.78 is 8.88. The molecule has 2 aromatic heterocycles. The number of hydrogen-bond donors (Lipinski definition) is 1. The third-order valence-electron chi connectivity index (χ3n) is 8.09. The van der Waals surface area contributed by atoms with Crippen LogP contribution in [0.1, 0.15) is 11.1 Å². The van der Waals surface area contributed by atoms with Crippen molar-refractivity contribution in [1.29, 1.82) is 0 Å². The second kappa shape index (κ2) is 9.81. The van der Waals surface area contributed by atoms with E-state index in [1.807, 2.05) is 6.07 Å². The third kappa shape index (κ3) is 4.02. The molecule has 0 amide bonds. The van der Waals surface area contributed by atoms with Crippen molar-refractivity contribution in [3.63, 3.8) is 0 Å². The lowest BCUT2D eigenvalue weighted by molar-refractivity contribution is 0.673. The number of benzene rings is 6. The van der Waals surface area contributed by atoms with Gasteiger partial charge in [-0.3, -0.25) is 0 Å². The highest BCUT2D eigenvalue weighted by Crippen LogP contribution is 2.40. The van der Waals surface area contributed by atoms with E-state index in [4.69, 9.17) is 4.42 Å². The van der Waals surface area contributed by atoms with Gasteiger partial charge in [0.2, 0.25) is 0 Å². The maximum absolute atomic E-state index is 6.48. The van der Waals surface area contributed by atoms with Crippen LogP contribution in [0.5, 0.6) is 0 Å². The van der Waals surface area contributed by atoms with E-state index in [2.05, 4.69) is 143 Å². The summed E-state index contributed by atoms with van der Waals surface area (Å²) in [7, 11) is 0. The van der Waals surface area contributed by atoms with Crippen molar-refractivity contribution >= 4 is 43.7 Å². The van der Waals surface area contributed by atoms with Crippen LogP contribution in [0.2, 0.25) is 0 Å². The molecule has 0 spiro atoms. The highest BCUT2D eigenvalue weighted by molar-refractivity contribution is 6.23. The predicted octanol–water partition coefficient (Wildman–Crippen LogP) is 9.64. The van der Waals surface area contributed by atoms with E-state index in [1.54, 1.807) is 0 Å². The first-order valence-corrected chi connectivity index (χ1v) is 14.1. The number of aromatic nitrogens is 1. The molecule has 0 radical (unpaired) electrons. The van der Waals surface area contributed by atoms with Gasteiger partial charge in [-0.15, -0.1) is 0 Å². The van der Waals surface area contributed by atoms with Crippen LogP contribution in [0, 0.1) is 0 Å². The van der Waals surface area contributed by atoms with Gasteiger partial charge >= 0.3 is 0 Å². The van der Waals surface area contributed by atoms with E-state index < -0.39 is 0 Å². The molecule has 8 rings (SSSR count). The van der Waals surface area contributed by atoms with Gasteiger partial charge in [0.05, 0.1) is 22.1 Å². The minimum Gasteiger partial charge on any atom is -0.455 e. The Balaban J connectivity index is 1.19. The number of nitrogens with zero attached hydrogens (tertiary/aromatic N) is 1. The Hall–Kier alpha value is -5.12. The first-order chi connectivity index (χ1) is 20.3. The van der Waals surface area contributed by atoms with Crippen LogP contribution in [-0.2, 0) is 13.1 Å². The molecular weight excluding hydrogens is 500 g/mol. The fraction of sp³-hybridized carbons (Fsp3) is 0.0526. The van der Waals surface area contributed by atoms with Crippen LogP contribution >= 0.6 is 0 Å². The Labute approximate surface area is 238 Å². The molecule has 0 atom stereocenters. The normalized spacial score (nSPS) is 11.7. The Kier molecular flexibility index (Phi) is 5.68. The number of hydrogen-bond acceptors (Lipinski definition) is 2. The van der Waals surface area contributed by atoms with Crippen molar-refractivity contribution in [2.45, 2.75) is 13.1 Å². The summed E-state index contributed by atoms with van der Waals surface area (Å²) >= 11 is 0. The highest BCUT2D eigenvalue weighted by Gasteiger charge is 2.19. The molecule has 1 N–H and O–H groups in total. The van der Waals surface area contributed by atoms with Crippen LogP contribution in [0.15, 0.2) is 144 Å². The van der Waals surface area contributed by atoms with Gasteiger partial charge < -0.3 is 14.3 Å². The van der Waals surface area contributed by atoms with Gasteiger partial charge in [0.25, 0.3) is 0 Å². The summed E-state index contributed by atoms with van der Waals surface area (Å²) in [6.45, 7) is 1.55. The van der Waals surface area contributed by atoms with Crippen molar-refractivity contribution < 1.29 is 4.42 Å². The minimum absolute atomic E-state index is 0.757. The lowest BCUT2D eigenvalue weighted by Crippen LogP contribution is -2.14. The fourth-order valence-electron chi connectivity index (χ4n) is 6.21. The van der Waals surface area contributed by atoms with E-state index in [0.717, 1.165) is 45.9 Å². The molecule has 0 bridgehead atoms. The number of rotatable bonds is 6. The average Bonchev–Trinajstić information content (AvgIpc) is 3.58. The summed E-state index contributed by atoms with van der Waals surface area (Å²) in [5, 5.41) is 8.38. The van der Waals surface area contributed by atoms with E-state index in [0.29, 0.717) is 0 Å². The summed E-state index contributed by atoms with van der Waals surface area (Å²) in [5.74, 6) is 0. The van der Waals surface area contributed by atoms with Crippen LogP contribution in [0.4, 0.5) is 0 Å². The van der Waals surface area contributed by atoms with Gasteiger partial charge in [-0.25, -0.2) is 0 Å². The summed E-state index contributed by atoms with van der Waals surface area (Å²) in [6.07, 6.45) is 0. The number of nitrogens with one attached hydrogen (secondary N) is 1. The maximum Gasteiger partial charge on any atom is 0.145 e. The number of fused-ring (bicyclic) bond motifs is 7. The van der Waals surface area contributed by atoms with Gasteiger partial charge in [0.1, 0.15) is 11.2 Å². The zero-order valence-electron chi connectivity index (χ0n) is 22.5. The molecular formula is C38H28N2O. The average molecular weight is 529 g/mol. The van der Waals surface area contributed by atoms with Gasteiger partial charge in [-0.2, -0.15) is 0 Å². The lowest BCUT2D eigenvalue weighted by atomic mass is 10.0. The summed E-state index contributed by atoms with van der Waals surface area (Å²) in [6, 6.07) is 49.5. The first kappa shape index (κ1) is 23.7. The number of furan rings is 1. The lowest BCUT2D eigenvalue weighted by Gasteiger charge is -2.14. The molecule has 0 aliphatic rings. The van der Waals surface area contributed by atoms with E-state index in [1.165, 1.54) is 38.8 Å². The zero-order valence-corrected chi connectivity index (χ0v) is 22.5. The van der Waals surface area contributed by atoms with Crippen LogP contribution in [-0.4, -0.2) is 4.57 Å². The molecule has 0 unspecified atom stereocenters. The highest BCUT2D eigenvalue weighted by atomic mass is 16.3. The quantitative estimate of drug-likeness (QED) is 0.233. The fourth-order valence-corrected chi connectivity index (χ4v) is 6.21. The molecule has 3 nitrogen and oxygen atoms in total. The molecule has 196 valence electrons. The molecule has 41 heavy (non-hydrogen) atoms. The number of para-hydroxylation sites is 3. The standard InChI is InChI=1S/C38H28N2O/c1-2-12-27(13-3-1)28-15-10-11-26(23-28)24-39-25-29-14-4-7-18-33(29)40-34-19-8-5-17-32(34)37-35(40)22-21-31-30-16-6-9-20-36(30)41-38(31)37/h1-23,39H,24-25H2. The Morgan fingerprint density at radius 2 is 1.29 bits per heavy atom. The summed E-state index contributed by atoms with van der Waals surface area (Å²) in [4.78, 5) is 0. The Morgan fingerprint density at radius 3 is 2.22 bits per heavy atom. The van der Waals surface area contributed by atoms with Crippen molar-refractivity contribution in [3.8, 4) is 16.8 Å². The van der Waals surface area contributed by atoms with Crippen LogP contribution in [0.3, 0.4) is 0 Å². The second-order valence-electron chi connectivity index (χ2n) is 10.6. The molecule has 0 aliphatic carbocycles. The van der Waals surface area contributed by atoms with Crippen molar-refractivity contribution in [2.24, 2.45) is 0 Å². The minimum atomic E-state index is 0.757. The molecule has 3 heteroatoms. The molecule has 6 aromatic carbocycles. The van der Waals surface area contributed by atoms with Crippen LogP contribution < -0.4 is 5.32 Å². The van der Waals surface area contributed by atoms with E-state index in [9.17, 15) is 0 Å². The largest absolute Gasteiger partial charge is 0.455 e. The van der Waals surface area contributed by atoms with Gasteiger partial charge in [0.15, 0.2) is 0 Å². The molecule has 8 aromatic rings. The Morgan fingerprint density at radius 1 is 0.537 bits per heavy atom. The van der Waals surface area contributed by atoms with Crippen molar-refractivity contribution in [1.82, 2.24) is 9.88 Å². The van der Waals surface area contributed by atoms with Crippen molar-refractivity contribution in [2.75, 3.05) is 0 Å². The second-order valence-corrected chi connectivity index (χ2v) is 10.6. The topological polar surface area (TPSA) is 30.1 Å². The predicted molar refractivity (Wildman–Crippen MR) is 170 cm³/mol. The molecule has 0 fully saturated rings. The van der Waals surface area contributed by atoms with Gasteiger partial charge in [-0.1, -0.05) is 103 Å². The SMILES string of the molecule is c1ccc(-c2cccc(CNCc3ccccc3-n3c4ccccc4c4c5oc6ccccc6c5ccc43)c2)cc1. The maximum atomic E-state index is 6.48. The first-order valence-electron chi connectivity index (χ1n) is 14.1. The molecule has 0 aliphatic heterocycles. The van der Waals surface area contributed by atoms with Crippen molar-refractivity contribution in [3.05, 3.63) is 151 Å². The van der Waals surface area contributed by atoms with E-state index >= 15 is 0 Å². The third-order valence-corrected chi connectivity index (χ3v) is 8.09. The van der Waals surface area contributed by atoms with Crippen LogP contribution in [0.25, 0.3) is 60.6 Å². The Bertz CT molecular complexity index is 2190. The zero-order chi connectivity index (χ0) is 27.2. The van der Waals surface area contributed by atoms with Gasteiger partial charge in [-0.05, 0) is 58.7 Å². The molecule has 0 saturated heterocycles. The monoisotopic (exact) mass is 528 g/mol. The molecule has 2 heterocycles.